The Morgan fingerprint density at radius 3 is 2.69 bits per heavy atom. The summed E-state index contributed by atoms with van der Waals surface area (Å²) in [7, 11) is 0. The highest BCUT2D eigenvalue weighted by atomic mass is 32.1. The summed E-state index contributed by atoms with van der Waals surface area (Å²) in [6.45, 7) is 8.81. The van der Waals surface area contributed by atoms with Gasteiger partial charge in [-0.05, 0) is 55.3 Å². The third-order valence-corrected chi connectivity index (χ3v) is 7.31. The Hall–Kier alpha value is -2.57. The first-order chi connectivity index (χ1) is 13.8. The van der Waals surface area contributed by atoms with Crippen molar-refractivity contribution >= 4 is 44.5 Å². The zero-order valence-corrected chi connectivity index (χ0v) is 17.8. The number of benzene rings is 2. The molecule has 1 saturated heterocycles. The Bertz CT molecular complexity index is 1210. The molecule has 1 N–H and O–H groups in total. The van der Waals surface area contributed by atoms with E-state index in [2.05, 4.69) is 19.9 Å². The number of fused-ring (bicyclic) bond motifs is 3. The number of hydrogen-bond acceptors (Lipinski definition) is 6. The Morgan fingerprint density at radius 1 is 1.17 bits per heavy atom. The van der Waals surface area contributed by atoms with Gasteiger partial charge in [-0.3, -0.25) is 4.79 Å². The van der Waals surface area contributed by atoms with E-state index >= 15 is 0 Å². The average Bonchev–Trinajstić information content (AvgIpc) is 3.25. The predicted molar refractivity (Wildman–Crippen MR) is 118 cm³/mol. The maximum absolute atomic E-state index is 13.2. The average molecular weight is 406 g/mol. The number of Topliss-reactive ketones (excluding diaryl/α,β-unsaturated/α-hetero) is 1. The van der Waals surface area contributed by atoms with Crippen molar-refractivity contribution in [3.63, 3.8) is 0 Å². The summed E-state index contributed by atoms with van der Waals surface area (Å²) in [6.07, 6.45) is 0.337. The molecule has 29 heavy (non-hydrogen) atoms. The Labute approximate surface area is 173 Å². The van der Waals surface area contributed by atoms with E-state index in [1.807, 2.05) is 43.0 Å². The summed E-state index contributed by atoms with van der Waals surface area (Å²) < 4.78 is 1.14. The van der Waals surface area contributed by atoms with Crippen LogP contribution in [0.4, 0.5) is 11.4 Å². The first-order valence-electron chi connectivity index (χ1n) is 9.93. The van der Waals surface area contributed by atoms with Crippen LogP contribution >= 0.6 is 11.3 Å². The van der Waals surface area contributed by atoms with Crippen LogP contribution in [0.15, 0.2) is 35.3 Å². The largest absolute Gasteiger partial charge is 0.374 e. The highest BCUT2D eigenvalue weighted by Gasteiger charge is 2.52. The van der Waals surface area contributed by atoms with Gasteiger partial charge >= 0.3 is 0 Å². The molecular weight excluding hydrogens is 382 g/mol. The van der Waals surface area contributed by atoms with Gasteiger partial charge in [0.15, 0.2) is 5.60 Å². The first-order valence-corrected chi connectivity index (χ1v) is 10.8. The summed E-state index contributed by atoms with van der Waals surface area (Å²) in [4.78, 5) is 24.7. The number of aliphatic hydroxyl groups is 1. The molecule has 1 fully saturated rings. The number of rotatable bonds is 2. The minimum Gasteiger partial charge on any atom is -0.374 e. The number of aromatic nitrogens is 1. The van der Waals surface area contributed by atoms with E-state index < -0.39 is 5.60 Å². The molecule has 6 heteroatoms. The molecule has 148 valence electrons. The maximum atomic E-state index is 13.2. The van der Waals surface area contributed by atoms with Crippen molar-refractivity contribution in [1.82, 2.24) is 4.98 Å². The van der Waals surface area contributed by atoms with Crippen LogP contribution < -0.4 is 4.90 Å². The van der Waals surface area contributed by atoms with Gasteiger partial charge in [0, 0.05) is 30.1 Å². The highest BCUT2D eigenvalue weighted by Crippen LogP contribution is 2.41. The van der Waals surface area contributed by atoms with Crippen molar-refractivity contribution in [2.75, 3.05) is 11.4 Å². The van der Waals surface area contributed by atoms with E-state index in [4.69, 9.17) is 9.98 Å². The van der Waals surface area contributed by atoms with Crippen LogP contribution in [0.25, 0.3) is 10.2 Å². The fourth-order valence-electron chi connectivity index (χ4n) is 4.09. The fourth-order valence-corrected chi connectivity index (χ4v) is 5.04. The molecule has 0 bridgehead atoms. The lowest BCUT2D eigenvalue weighted by Crippen LogP contribution is -2.48. The van der Waals surface area contributed by atoms with Gasteiger partial charge < -0.3 is 10.0 Å². The van der Waals surface area contributed by atoms with Gasteiger partial charge in [0.1, 0.15) is 5.84 Å². The van der Waals surface area contributed by atoms with Gasteiger partial charge in [0.25, 0.3) is 0 Å². The number of hydrogen-bond donors (Lipinski definition) is 1. The van der Waals surface area contributed by atoms with E-state index in [0.717, 1.165) is 32.0 Å². The number of aryl methyl sites for hydroxylation is 2. The molecule has 3 heterocycles. The van der Waals surface area contributed by atoms with Gasteiger partial charge in [-0.1, -0.05) is 13.8 Å². The molecule has 0 saturated carbocycles. The van der Waals surface area contributed by atoms with E-state index in [0.29, 0.717) is 36.0 Å². The summed E-state index contributed by atoms with van der Waals surface area (Å²) in [5.74, 6) is 0.563. The molecular formula is C23H23N3O2S. The van der Waals surface area contributed by atoms with Crippen LogP contribution in [-0.2, 0) is 0 Å². The molecule has 1 unspecified atom stereocenters. The fraction of sp³-hybridized carbons (Fsp3) is 0.348. The molecule has 5 rings (SSSR count). The predicted octanol–water partition coefficient (Wildman–Crippen LogP) is 4.90. The van der Waals surface area contributed by atoms with Crippen molar-refractivity contribution in [1.29, 1.82) is 0 Å². The van der Waals surface area contributed by atoms with Gasteiger partial charge in [0.05, 0.1) is 20.9 Å². The summed E-state index contributed by atoms with van der Waals surface area (Å²) in [5, 5.41) is 12.4. The second-order valence-corrected chi connectivity index (χ2v) is 9.40. The summed E-state index contributed by atoms with van der Waals surface area (Å²) >= 11 is 1.71. The van der Waals surface area contributed by atoms with Crippen molar-refractivity contribution < 1.29 is 9.90 Å². The number of carbonyl (C=O) groups is 1. The lowest BCUT2D eigenvalue weighted by atomic mass is 9.86. The number of nitrogens with zero attached hydrogens (tertiary/aromatic N) is 3. The highest BCUT2D eigenvalue weighted by molar-refractivity contribution is 7.18. The number of aliphatic imine (C=N–C) groups is 1. The third-order valence-electron chi connectivity index (χ3n) is 5.97. The lowest BCUT2D eigenvalue weighted by Gasteiger charge is -2.30. The Morgan fingerprint density at radius 2 is 1.93 bits per heavy atom. The van der Waals surface area contributed by atoms with E-state index in [-0.39, 0.29) is 5.78 Å². The quantitative estimate of drug-likeness (QED) is 0.658. The van der Waals surface area contributed by atoms with Crippen LogP contribution in [0.2, 0.25) is 0 Å². The topological polar surface area (TPSA) is 65.8 Å². The number of carbonyl (C=O) groups excluding carboxylic acids is 1. The van der Waals surface area contributed by atoms with Crippen molar-refractivity contribution in [3.8, 4) is 0 Å². The Kier molecular flexibility index (Phi) is 3.95. The van der Waals surface area contributed by atoms with E-state index in [1.165, 1.54) is 0 Å². The van der Waals surface area contributed by atoms with Crippen LogP contribution in [0.3, 0.4) is 0 Å². The molecule has 2 aromatic carbocycles. The molecule has 0 amide bonds. The van der Waals surface area contributed by atoms with Crippen molar-refractivity contribution in [2.45, 2.75) is 45.6 Å². The van der Waals surface area contributed by atoms with Crippen LogP contribution in [0.1, 0.15) is 52.7 Å². The molecule has 2 aliphatic rings. The maximum Gasteiger partial charge on any atom is 0.204 e. The zero-order valence-electron chi connectivity index (χ0n) is 17.0. The van der Waals surface area contributed by atoms with Crippen LogP contribution in [-0.4, -0.2) is 33.9 Å². The summed E-state index contributed by atoms with van der Waals surface area (Å²) in [6, 6.07) is 9.91. The smallest absolute Gasteiger partial charge is 0.204 e. The molecule has 3 aromatic rings. The van der Waals surface area contributed by atoms with Crippen LogP contribution in [0.5, 0.6) is 0 Å². The van der Waals surface area contributed by atoms with Crippen molar-refractivity contribution in [3.05, 3.63) is 52.0 Å². The first kappa shape index (κ1) is 18.5. The van der Waals surface area contributed by atoms with Gasteiger partial charge in [-0.2, -0.15) is 0 Å². The van der Waals surface area contributed by atoms with E-state index in [9.17, 15) is 9.90 Å². The molecule has 0 spiro atoms. The lowest BCUT2D eigenvalue weighted by molar-refractivity contribution is 0.0602. The van der Waals surface area contributed by atoms with Crippen LogP contribution in [0, 0.1) is 13.8 Å². The van der Waals surface area contributed by atoms with Gasteiger partial charge in [-0.15, -0.1) is 11.3 Å². The normalized spacial score (nSPS) is 21.0. The Balaban J connectivity index is 1.62. The van der Waals surface area contributed by atoms with E-state index in [1.54, 1.807) is 11.3 Å². The molecule has 0 aliphatic carbocycles. The molecule has 0 radical (unpaired) electrons. The molecule has 1 atom stereocenters. The summed E-state index contributed by atoms with van der Waals surface area (Å²) in [5.41, 5.74) is 3.56. The van der Waals surface area contributed by atoms with Crippen molar-refractivity contribution in [2.24, 2.45) is 4.99 Å². The second kappa shape index (κ2) is 6.21. The third kappa shape index (κ3) is 2.66. The molecule has 2 aliphatic heterocycles. The minimum atomic E-state index is -1.56. The zero-order chi connectivity index (χ0) is 20.5. The number of thiazole rings is 1. The number of ketones is 1. The monoisotopic (exact) mass is 405 g/mol. The standard InChI is InChI=1S/C23H23N3O2S/c1-12(2)21-24-18-11-15(5-6-19(18)29-21)26-8-7-23(28)20(27)16-9-13(3)14(4)10-17(16)25-22(23)26/h5-6,9-12,28H,7-8H2,1-4H3. The van der Waals surface area contributed by atoms with Gasteiger partial charge in [0.2, 0.25) is 5.78 Å². The minimum absolute atomic E-state index is 0.250. The SMILES string of the molecule is Cc1cc2c(cc1C)C(=O)C1(O)CCN(c3ccc4sc(C(C)C)nc4c3)C1=N2. The molecule has 5 nitrogen and oxygen atoms in total. The molecule has 1 aromatic heterocycles. The second-order valence-electron chi connectivity index (χ2n) is 8.34. The number of amidine groups is 1. The number of anilines is 1. The van der Waals surface area contributed by atoms with Gasteiger partial charge in [-0.25, -0.2) is 9.98 Å².